The van der Waals surface area contributed by atoms with Gasteiger partial charge >= 0.3 is 0 Å². The van der Waals surface area contributed by atoms with Gasteiger partial charge in [-0.2, -0.15) is 5.26 Å². The predicted octanol–water partition coefficient (Wildman–Crippen LogP) is 5.61. The SMILES string of the molecule is CC(C)=CC#N.CC(C)=O.Cl.IC(I)I.NO.[CH2-]I.[V]. The maximum absolute atomic E-state index is 9.44. The van der Waals surface area contributed by atoms with E-state index in [0.29, 0.717) is 0 Å². The van der Waals surface area contributed by atoms with Crippen molar-refractivity contribution in [2.24, 2.45) is 5.90 Å². The first-order chi connectivity index (χ1) is 8.23. The molecule has 0 aliphatic carbocycles. The van der Waals surface area contributed by atoms with E-state index < -0.39 is 0 Å². The summed E-state index contributed by atoms with van der Waals surface area (Å²) in [6.07, 6.45) is 1.51. The van der Waals surface area contributed by atoms with Gasteiger partial charge in [0.1, 0.15) is 5.72 Å². The van der Waals surface area contributed by atoms with Gasteiger partial charge in [0, 0.05) is 24.6 Å². The molecule has 3 N–H and O–H groups in total. The molecule has 0 rings (SSSR count). The second-order valence-corrected chi connectivity index (χ2v) is 13.4. The first kappa shape index (κ1) is 43.3. The fourth-order valence-electron chi connectivity index (χ4n) is 0.129. The number of carbonyl (C=O) groups is 1. The summed E-state index contributed by atoms with van der Waals surface area (Å²) < 4.78 is 0.743. The molecular formula is C10H20ClI4N2O2V-. The standard InChI is InChI=1S/C5H7N.C3H6O.CHI3.CH2I.ClH.H3NO.V/c1-5(2)3-4-6;1-3(2)4;2-1(3)4;1-2;;1-2;/h3H,1-2H3;1-2H3;1H;1H2;1H;2H,1H2;/q;;;-1;;;. The van der Waals surface area contributed by atoms with Crippen LogP contribution in [0.3, 0.4) is 0 Å². The van der Waals surface area contributed by atoms with Crippen LogP contribution in [0.15, 0.2) is 11.6 Å². The minimum absolute atomic E-state index is 0. The molecule has 0 aromatic carbocycles. The number of alkyl halides is 3. The van der Waals surface area contributed by atoms with Gasteiger partial charge in [-0.3, -0.25) is 4.93 Å². The second-order valence-electron chi connectivity index (χ2n) is 2.51. The number of Topliss-reactive ketones (excluding diaryl/α,β-unsaturated/α-hetero) is 1. The van der Waals surface area contributed by atoms with Crippen LogP contribution < -0.4 is 5.90 Å². The Kier molecular flexibility index (Phi) is 107. The van der Waals surface area contributed by atoms with Crippen molar-refractivity contribution >= 4 is 109 Å². The molecule has 10 heteroatoms. The van der Waals surface area contributed by atoms with E-state index in [1.165, 1.54) is 19.9 Å². The second kappa shape index (κ2) is 49.6. The molecule has 0 saturated heterocycles. The summed E-state index contributed by atoms with van der Waals surface area (Å²) in [6.45, 7) is 6.84. The van der Waals surface area contributed by atoms with Gasteiger partial charge in [-0.1, -0.05) is 73.3 Å². The summed E-state index contributed by atoms with van der Waals surface area (Å²) in [4.78, 5) is 12.7. The summed E-state index contributed by atoms with van der Waals surface area (Å²) in [5.74, 6) is 3.67. The number of halogens is 5. The van der Waals surface area contributed by atoms with E-state index in [0.717, 1.165) is 5.51 Å². The Morgan fingerprint density at radius 2 is 1.35 bits per heavy atom. The Labute approximate surface area is 195 Å². The van der Waals surface area contributed by atoms with Gasteiger partial charge in [-0.25, -0.2) is 5.90 Å². The number of nitrogens with zero attached hydrogens (tertiary/aromatic N) is 1. The van der Waals surface area contributed by atoms with Gasteiger partial charge < -0.3 is 32.6 Å². The minimum atomic E-state index is 0. The van der Waals surface area contributed by atoms with Crippen molar-refractivity contribution in [3.8, 4) is 6.07 Å². The monoisotopic (exact) mass is 794 g/mol. The van der Waals surface area contributed by atoms with Gasteiger partial charge in [-0.15, -0.1) is 12.4 Å². The first-order valence-electron chi connectivity index (χ1n) is 4.19. The molecule has 0 unspecified atom stereocenters. The van der Waals surface area contributed by atoms with Crippen LogP contribution in [-0.4, -0.2) is 10.9 Å². The summed E-state index contributed by atoms with van der Waals surface area (Å²) in [7, 11) is 0. The van der Waals surface area contributed by atoms with E-state index in [-0.39, 0.29) is 36.7 Å². The molecular weight excluding hydrogens is 774 g/mol. The molecule has 4 nitrogen and oxygen atoms in total. The van der Waals surface area contributed by atoms with E-state index in [9.17, 15) is 4.79 Å². The number of hydrogen-bond donors (Lipinski definition) is 2. The van der Waals surface area contributed by atoms with Crippen LogP contribution >= 0.6 is 103 Å². The van der Waals surface area contributed by atoms with Gasteiger partial charge in [-0.05, 0) is 27.7 Å². The van der Waals surface area contributed by atoms with Crippen molar-refractivity contribution in [3.63, 3.8) is 0 Å². The number of allylic oxidation sites excluding steroid dienone is 2. The van der Waals surface area contributed by atoms with Crippen molar-refractivity contribution in [3.05, 3.63) is 16.6 Å². The van der Waals surface area contributed by atoms with Gasteiger partial charge in [0.2, 0.25) is 0 Å². The van der Waals surface area contributed by atoms with Crippen LogP contribution in [0.4, 0.5) is 0 Å². The molecule has 0 bridgehead atoms. The third kappa shape index (κ3) is 252. The van der Waals surface area contributed by atoms with Gasteiger partial charge in [0.25, 0.3) is 0 Å². The number of rotatable bonds is 0. The predicted molar refractivity (Wildman–Crippen MR) is 120 cm³/mol. The maximum Gasteiger partial charge on any atom is 0.126 e. The average Bonchev–Trinajstić information content (AvgIpc) is 2.21. The van der Waals surface area contributed by atoms with E-state index >= 15 is 0 Å². The molecule has 0 fully saturated rings. The van der Waals surface area contributed by atoms with Gasteiger partial charge in [0.05, 0.1) is 6.07 Å². The zero-order valence-electron chi connectivity index (χ0n) is 11.6. The van der Waals surface area contributed by atoms with Crippen LogP contribution in [-0.2, 0) is 23.4 Å². The normalized spacial score (nSPS) is 5.55. The third-order valence-corrected chi connectivity index (χ3v) is 0.353. The molecule has 0 aliphatic rings. The van der Waals surface area contributed by atoms with E-state index in [4.69, 9.17) is 10.5 Å². The zero-order chi connectivity index (χ0) is 16.1. The van der Waals surface area contributed by atoms with Crippen molar-refractivity contribution in [1.82, 2.24) is 0 Å². The maximum atomic E-state index is 9.44. The van der Waals surface area contributed by atoms with Crippen LogP contribution in [0.25, 0.3) is 0 Å². The smallest absolute Gasteiger partial charge is 0.126 e. The summed E-state index contributed by atoms with van der Waals surface area (Å²) >= 11 is 8.85. The molecule has 123 valence electrons. The van der Waals surface area contributed by atoms with Crippen LogP contribution in [0, 0.1) is 16.3 Å². The van der Waals surface area contributed by atoms with Crippen LogP contribution in [0.5, 0.6) is 0 Å². The van der Waals surface area contributed by atoms with Crippen molar-refractivity contribution < 1.29 is 28.6 Å². The molecule has 0 saturated carbocycles. The molecule has 0 spiro atoms. The van der Waals surface area contributed by atoms with Crippen molar-refractivity contribution in [2.75, 3.05) is 0 Å². The average molecular weight is 794 g/mol. The van der Waals surface area contributed by atoms with E-state index in [1.54, 1.807) is 0 Å². The summed E-state index contributed by atoms with van der Waals surface area (Å²) in [5, 5.41) is 14.4. The molecule has 0 atom stereocenters. The Morgan fingerprint density at radius 3 is 1.35 bits per heavy atom. The van der Waals surface area contributed by atoms with Gasteiger partial charge in [0.15, 0.2) is 0 Å². The number of hydrogen-bond acceptors (Lipinski definition) is 4. The quantitative estimate of drug-likeness (QED) is 0.110. The molecule has 0 heterocycles. The van der Waals surface area contributed by atoms with E-state index in [2.05, 4.69) is 78.6 Å². The fraction of sp³-hybridized carbons (Fsp3) is 0.500. The Balaban J connectivity index is -0.0000000219. The largest absolute Gasteiger partial charge is 0.320 e. The fourth-order valence-corrected chi connectivity index (χ4v) is 0.129. The van der Waals surface area contributed by atoms with Crippen molar-refractivity contribution in [1.29, 1.82) is 5.26 Å². The molecule has 0 amide bonds. The molecule has 0 aliphatic heterocycles. The summed E-state index contributed by atoms with van der Waals surface area (Å²) in [5.41, 5.74) is 1.05. The summed E-state index contributed by atoms with van der Waals surface area (Å²) in [6, 6.07) is 1.91. The number of nitrogens with two attached hydrogens (primary N) is 1. The first-order valence-corrected chi connectivity index (χ1v) is 9.45. The molecule has 1 radical (unpaired) electrons. The number of ketones is 1. The molecule has 0 aromatic heterocycles. The topological polar surface area (TPSA) is 87.1 Å². The Bertz CT molecular complexity index is 217. The Morgan fingerprint density at radius 1 is 1.20 bits per heavy atom. The zero-order valence-corrected chi connectivity index (χ0v) is 22.5. The number of nitriles is 1. The molecule has 20 heavy (non-hydrogen) atoms. The molecule has 0 aromatic rings. The Hall–Kier alpha value is 2.61. The van der Waals surface area contributed by atoms with Crippen LogP contribution in [0.1, 0.15) is 27.7 Å². The van der Waals surface area contributed by atoms with E-state index in [1.807, 2.05) is 42.5 Å². The number of carbonyl (C=O) groups excluding carboxylic acids is 1. The third-order valence-electron chi connectivity index (χ3n) is 0.353. The van der Waals surface area contributed by atoms with Crippen molar-refractivity contribution in [2.45, 2.75) is 27.6 Å². The minimum Gasteiger partial charge on any atom is -0.320 e. The van der Waals surface area contributed by atoms with Crippen LogP contribution in [0.2, 0.25) is 0 Å².